The highest BCUT2D eigenvalue weighted by Crippen LogP contribution is 2.23. The minimum absolute atomic E-state index is 0.0297. The van der Waals surface area contributed by atoms with Crippen LogP contribution in [0.15, 0.2) is 59.6 Å². The van der Waals surface area contributed by atoms with Gasteiger partial charge in [0.15, 0.2) is 5.96 Å². The molecule has 0 saturated heterocycles. The van der Waals surface area contributed by atoms with Crippen LogP contribution in [-0.2, 0) is 11.2 Å². The average molecular weight is 339 g/mol. The molecule has 0 bridgehead atoms. The number of carboxylic acid groups (broad SMARTS) is 1. The summed E-state index contributed by atoms with van der Waals surface area (Å²) in [7, 11) is 0. The molecule has 0 radical (unpaired) electrons. The first-order valence-corrected chi connectivity index (χ1v) is 7.81. The molecule has 2 aromatic carbocycles. The van der Waals surface area contributed by atoms with Crippen LogP contribution in [0.5, 0.6) is 0 Å². The monoisotopic (exact) mass is 339 g/mol. The Morgan fingerprint density at radius 2 is 1.92 bits per heavy atom. The van der Waals surface area contributed by atoms with E-state index in [0.29, 0.717) is 18.5 Å². The number of aliphatic hydroxyl groups is 1. The van der Waals surface area contributed by atoms with Gasteiger partial charge in [-0.15, -0.1) is 0 Å². The Hall–Kier alpha value is -3.12. The molecule has 0 aliphatic heterocycles. The fourth-order valence-electron chi connectivity index (χ4n) is 2.44. The van der Waals surface area contributed by atoms with Gasteiger partial charge in [-0.3, -0.25) is 0 Å². The first kappa shape index (κ1) is 18.2. The highest BCUT2D eigenvalue weighted by molar-refractivity contribution is 5.85. The first-order valence-electron chi connectivity index (χ1n) is 7.81. The van der Waals surface area contributed by atoms with E-state index in [1.54, 1.807) is 24.3 Å². The van der Waals surface area contributed by atoms with Gasteiger partial charge < -0.3 is 21.7 Å². The molecular weight excluding hydrogens is 318 g/mol. The predicted molar refractivity (Wildman–Crippen MR) is 98.3 cm³/mol. The zero-order valence-electron chi connectivity index (χ0n) is 13.7. The number of aryl methyl sites for hydroxylation is 1. The number of aliphatic imine (C=N–C) groups is 1. The number of carbonyl (C=O) groups is 1. The molecule has 130 valence electrons. The molecule has 1 unspecified atom stereocenters. The normalized spacial score (nSPS) is 12.0. The van der Waals surface area contributed by atoms with E-state index in [4.69, 9.17) is 16.6 Å². The third kappa shape index (κ3) is 6.12. The molecule has 6 N–H and O–H groups in total. The highest BCUT2D eigenvalue weighted by Gasteiger charge is 2.09. The SMILES string of the molecule is NC(N)=Nc1cccc(C(O)CCc2cccc(C=CC(=O)O)c2)c1. The van der Waals surface area contributed by atoms with Gasteiger partial charge in [0.05, 0.1) is 11.8 Å². The lowest BCUT2D eigenvalue weighted by Crippen LogP contribution is -2.21. The van der Waals surface area contributed by atoms with Crippen molar-refractivity contribution in [2.45, 2.75) is 18.9 Å². The van der Waals surface area contributed by atoms with E-state index in [9.17, 15) is 9.90 Å². The van der Waals surface area contributed by atoms with E-state index in [1.165, 1.54) is 0 Å². The van der Waals surface area contributed by atoms with Crippen molar-refractivity contribution in [3.63, 3.8) is 0 Å². The van der Waals surface area contributed by atoms with Gasteiger partial charge in [0.2, 0.25) is 0 Å². The summed E-state index contributed by atoms with van der Waals surface area (Å²) in [5.74, 6) is -1.01. The largest absolute Gasteiger partial charge is 0.478 e. The van der Waals surface area contributed by atoms with Crippen molar-refractivity contribution in [1.29, 1.82) is 0 Å². The standard InChI is InChI=1S/C19H21N3O3/c20-19(21)22-16-6-2-5-15(12-16)17(23)9-7-13-3-1-4-14(11-13)8-10-18(24)25/h1-6,8,10-12,17,23H,7,9H2,(H,24,25)(H4,20,21,22). The van der Waals surface area contributed by atoms with Crippen LogP contribution >= 0.6 is 0 Å². The summed E-state index contributed by atoms with van der Waals surface area (Å²) in [4.78, 5) is 14.6. The second kappa shape index (κ2) is 8.65. The average Bonchev–Trinajstić information content (AvgIpc) is 2.58. The third-order valence-electron chi connectivity index (χ3n) is 3.59. The second-order valence-corrected chi connectivity index (χ2v) is 5.60. The van der Waals surface area contributed by atoms with Gasteiger partial charge in [-0.1, -0.05) is 36.4 Å². The van der Waals surface area contributed by atoms with E-state index >= 15 is 0 Å². The summed E-state index contributed by atoms with van der Waals surface area (Å²) in [6, 6.07) is 14.7. The number of hydrogen-bond donors (Lipinski definition) is 4. The lowest BCUT2D eigenvalue weighted by atomic mass is 10.00. The number of aliphatic carboxylic acids is 1. The Labute approximate surface area is 146 Å². The molecule has 6 heteroatoms. The van der Waals surface area contributed by atoms with Gasteiger partial charge in [0.1, 0.15) is 0 Å². The molecule has 0 saturated carbocycles. The molecule has 0 spiro atoms. The van der Waals surface area contributed by atoms with Crippen molar-refractivity contribution in [1.82, 2.24) is 0 Å². The van der Waals surface area contributed by atoms with Crippen LogP contribution < -0.4 is 11.5 Å². The van der Waals surface area contributed by atoms with E-state index in [2.05, 4.69) is 4.99 Å². The van der Waals surface area contributed by atoms with Gasteiger partial charge in [-0.25, -0.2) is 9.79 Å². The molecule has 0 amide bonds. The van der Waals surface area contributed by atoms with Crippen LogP contribution in [-0.4, -0.2) is 22.1 Å². The maximum Gasteiger partial charge on any atom is 0.328 e. The molecule has 2 rings (SSSR count). The van der Waals surface area contributed by atoms with Crippen LogP contribution in [0.3, 0.4) is 0 Å². The number of hydrogen-bond acceptors (Lipinski definition) is 3. The molecule has 0 aliphatic rings. The number of benzene rings is 2. The minimum atomic E-state index is -0.985. The maximum absolute atomic E-state index is 10.6. The van der Waals surface area contributed by atoms with Gasteiger partial charge in [0.25, 0.3) is 0 Å². The van der Waals surface area contributed by atoms with Crippen molar-refractivity contribution in [2.24, 2.45) is 16.5 Å². The van der Waals surface area contributed by atoms with Gasteiger partial charge in [-0.05, 0) is 47.7 Å². The molecule has 1 atom stereocenters. The van der Waals surface area contributed by atoms with Crippen LogP contribution in [0.4, 0.5) is 5.69 Å². The van der Waals surface area contributed by atoms with Crippen LogP contribution in [0.1, 0.15) is 29.2 Å². The Morgan fingerprint density at radius 3 is 2.64 bits per heavy atom. The zero-order valence-corrected chi connectivity index (χ0v) is 13.7. The third-order valence-corrected chi connectivity index (χ3v) is 3.59. The van der Waals surface area contributed by atoms with E-state index in [-0.39, 0.29) is 5.96 Å². The van der Waals surface area contributed by atoms with E-state index < -0.39 is 12.1 Å². The maximum atomic E-state index is 10.6. The van der Waals surface area contributed by atoms with Crippen LogP contribution in [0.2, 0.25) is 0 Å². The smallest absolute Gasteiger partial charge is 0.328 e. The topological polar surface area (TPSA) is 122 Å². The Balaban J connectivity index is 2.02. The summed E-state index contributed by atoms with van der Waals surface area (Å²) in [6.07, 6.45) is 3.18. The van der Waals surface area contributed by atoms with Crippen molar-refractivity contribution in [2.75, 3.05) is 0 Å². The summed E-state index contributed by atoms with van der Waals surface area (Å²) < 4.78 is 0. The number of rotatable bonds is 7. The number of aliphatic hydroxyl groups excluding tert-OH is 1. The lowest BCUT2D eigenvalue weighted by molar-refractivity contribution is -0.131. The molecule has 0 heterocycles. The summed E-state index contributed by atoms with van der Waals surface area (Å²) in [6.45, 7) is 0. The first-order chi connectivity index (χ1) is 11.9. The molecular formula is C19H21N3O3. The van der Waals surface area contributed by atoms with E-state index in [1.807, 2.05) is 30.3 Å². The summed E-state index contributed by atoms with van der Waals surface area (Å²) in [5, 5.41) is 19.1. The van der Waals surface area contributed by atoms with Crippen molar-refractivity contribution < 1.29 is 15.0 Å². The molecule has 2 aromatic rings. The molecule has 0 aliphatic carbocycles. The number of guanidine groups is 1. The number of nitrogens with zero attached hydrogens (tertiary/aromatic N) is 1. The summed E-state index contributed by atoms with van der Waals surface area (Å²) in [5.41, 5.74) is 13.9. The van der Waals surface area contributed by atoms with Crippen molar-refractivity contribution >= 4 is 23.7 Å². The molecule has 25 heavy (non-hydrogen) atoms. The van der Waals surface area contributed by atoms with Gasteiger partial charge in [0, 0.05) is 6.08 Å². The molecule has 6 nitrogen and oxygen atoms in total. The Morgan fingerprint density at radius 1 is 1.16 bits per heavy atom. The number of carboxylic acids is 1. The fourth-order valence-corrected chi connectivity index (χ4v) is 2.44. The Bertz CT molecular complexity index is 796. The highest BCUT2D eigenvalue weighted by atomic mass is 16.4. The fraction of sp³-hybridized carbons (Fsp3) is 0.158. The molecule has 0 fully saturated rings. The van der Waals surface area contributed by atoms with Gasteiger partial charge in [-0.2, -0.15) is 0 Å². The van der Waals surface area contributed by atoms with Crippen molar-refractivity contribution in [3.8, 4) is 0 Å². The van der Waals surface area contributed by atoms with Gasteiger partial charge >= 0.3 is 5.97 Å². The zero-order chi connectivity index (χ0) is 18.2. The van der Waals surface area contributed by atoms with Crippen LogP contribution in [0.25, 0.3) is 6.08 Å². The van der Waals surface area contributed by atoms with E-state index in [0.717, 1.165) is 22.8 Å². The van der Waals surface area contributed by atoms with Crippen LogP contribution in [0, 0.1) is 0 Å². The lowest BCUT2D eigenvalue weighted by Gasteiger charge is -2.12. The number of nitrogens with two attached hydrogens (primary N) is 2. The molecule has 0 aromatic heterocycles. The second-order valence-electron chi connectivity index (χ2n) is 5.60. The summed E-state index contributed by atoms with van der Waals surface area (Å²) >= 11 is 0. The van der Waals surface area contributed by atoms with Crippen molar-refractivity contribution in [3.05, 3.63) is 71.3 Å². The Kier molecular flexibility index (Phi) is 6.31. The minimum Gasteiger partial charge on any atom is -0.478 e. The quantitative estimate of drug-likeness (QED) is 0.350. The predicted octanol–water partition coefficient (Wildman–Crippen LogP) is 2.36.